The Balaban J connectivity index is 1.84. The highest BCUT2D eigenvalue weighted by Gasteiger charge is 2.31. The summed E-state index contributed by atoms with van der Waals surface area (Å²) < 4.78 is 10.3. The fourth-order valence-corrected chi connectivity index (χ4v) is 5.67. The van der Waals surface area contributed by atoms with Crippen LogP contribution in [-0.4, -0.2) is 47.7 Å². The number of amides is 1. The van der Waals surface area contributed by atoms with Gasteiger partial charge in [0.1, 0.15) is 5.75 Å². The van der Waals surface area contributed by atoms with Crippen molar-refractivity contribution in [3.8, 4) is 5.75 Å². The van der Waals surface area contributed by atoms with Crippen molar-refractivity contribution in [2.45, 2.75) is 19.5 Å². The molecular weight excluding hydrogens is 412 g/mol. The predicted molar refractivity (Wildman–Crippen MR) is 134 cm³/mol. The maximum atomic E-state index is 13.1. The summed E-state index contributed by atoms with van der Waals surface area (Å²) in [5, 5.41) is 7.62. The third-order valence-corrected chi connectivity index (χ3v) is 7.10. The van der Waals surface area contributed by atoms with Gasteiger partial charge in [-0.2, -0.15) is 0 Å². The third-order valence-electron chi connectivity index (χ3n) is 7.10. The Bertz CT molecular complexity index is 1590. The van der Waals surface area contributed by atoms with Crippen LogP contribution < -0.4 is 10.1 Å². The number of fused-ring (bicyclic) bond motifs is 10. The van der Waals surface area contributed by atoms with Crippen molar-refractivity contribution in [2.75, 3.05) is 27.7 Å². The summed E-state index contributed by atoms with van der Waals surface area (Å²) in [6, 6.07) is 14.7. The second-order valence-electron chi connectivity index (χ2n) is 9.25. The molecule has 0 saturated carbocycles. The van der Waals surface area contributed by atoms with E-state index in [1.165, 1.54) is 16.4 Å². The van der Waals surface area contributed by atoms with Crippen LogP contribution in [0.4, 0.5) is 0 Å². The minimum Gasteiger partial charge on any atom is -0.497 e. The fourth-order valence-electron chi connectivity index (χ4n) is 5.67. The number of carbonyl (C=O) groups excluding carboxylic acids is 1. The lowest BCUT2D eigenvalue weighted by Crippen LogP contribution is -2.15. The topological polar surface area (TPSA) is 51.4 Å². The van der Waals surface area contributed by atoms with E-state index in [9.17, 15) is 4.79 Å². The van der Waals surface area contributed by atoms with Crippen molar-refractivity contribution in [3.63, 3.8) is 0 Å². The van der Waals surface area contributed by atoms with Crippen molar-refractivity contribution >= 4 is 49.5 Å². The lowest BCUT2D eigenvalue weighted by atomic mass is 9.97. The molecular formula is C27H28N4O2. The summed E-state index contributed by atoms with van der Waals surface area (Å²) in [6.07, 6.45) is 1.04. The molecule has 1 N–H and O–H groups in total. The van der Waals surface area contributed by atoms with Gasteiger partial charge in [-0.3, -0.25) is 4.79 Å². The average Bonchev–Trinajstić information content (AvgIpc) is 3.44. The summed E-state index contributed by atoms with van der Waals surface area (Å²) in [6.45, 7) is 2.47. The highest BCUT2D eigenvalue weighted by atomic mass is 16.5. The first kappa shape index (κ1) is 20.1. The number of benzene rings is 3. The Morgan fingerprint density at radius 2 is 1.85 bits per heavy atom. The first-order valence-electron chi connectivity index (χ1n) is 11.5. The van der Waals surface area contributed by atoms with Crippen molar-refractivity contribution in [3.05, 3.63) is 53.6 Å². The number of nitrogens with zero attached hydrogens (tertiary/aromatic N) is 3. The normalized spacial score (nSPS) is 13.7. The molecule has 0 radical (unpaired) electrons. The molecule has 1 amide bonds. The fraction of sp³-hybridized carbons (Fsp3) is 0.296. The van der Waals surface area contributed by atoms with Crippen LogP contribution in [0.1, 0.15) is 22.3 Å². The Morgan fingerprint density at radius 1 is 1.03 bits per heavy atom. The van der Waals surface area contributed by atoms with Crippen LogP contribution in [0.15, 0.2) is 42.5 Å². The van der Waals surface area contributed by atoms with E-state index in [1.54, 1.807) is 7.11 Å². The van der Waals surface area contributed by atoms with Gasteiger partial charge in [-0.1, -0.05) is 18.2 Å². The number of nitrogens with one attached hydrogen (secondary N) is 1. The largest absolute Gasteiger partial charge is 0.497 e. The van der Waals surface area contributed by atoms with Gasteiger partial charge in [0.05, 0.1) is 23.7 Å². The van der Waals surface area contributed by atoms with Crippen LogP contribution in [0, 0.1) is 0 Å². The Hall–Kier alpha value is -3.51. The van der Waals surface area contributed by atoms with E-state index >= 15 is 0 Å². The number of rotatable bonds is 5. The first-order chi connectivity index (χ1) is 16.0. The lowest BCUT2D eigenvalue weighted by molar-refractivity contribution is 0.0967. The number of methoxy groups -OCH3 is 1. The molecule has 0 unspecified atom stereocenters. The van der Waals surface area contributed by atoms with E-state index in [0.29, 0.717) is 6.54 Å². The van der Waals surface area contributed by atoms with Gasteiger partial charge in [-0.25, -0.2) is 0 Å². The monoisotopic (exact) mass is 440 g/mol. The highest BCUT2D eigenvalue weighted by Crippen LogP contribution is 2.45. The summed E-state index contributed by atoms with van der Waals surface area (Å²) in [7, 11) is 8.05. The van der Waals surface area contributed by atoms with Crippen molar-refractivity contribution in [1.82, 2.24) is 19.4 Å². The second kappa shape index (κ2) is 7.25. The minimum atomic E-state index is 0.0182. The standard InChI is InChI=1S/C27H28N4O2/c1-29(2)12-7-13-31-21-11-10-16(33-4)14-18(21)22-19-15-28-27(32)24(19)23-17-8-5-6-9-20(17)30(3)25(23)26(22)31/h5-6,8-11,14H,7,12-13,15H2,1-4H3,(H,28,32). The quantitative estimate of drug-likeness (QED) is 0.433. The molecule has 168 valence electrons. The summed E-state index contributed by atoms with van der Waals surface area (Å²) in [4.78, 5) is 15.4. The molecule has 6 nitrogen and oxygen atoms in total. The molecule has 0 spiro atoms. The Labute approximate surface area is 192 Å². The molecule has 6 rings (SSSR count). The number of hydrogen-bond donors (Lipinski definition) is 1. The van der Waals surface area contributed by atoms with Crippen molar-refractivity contribution < 1.29 is 9.53 Å². The molecule has 0 saturated heterocycles. The average molecular weight is 441 g/mol. The molecule has 0 bridgehead atoms. The molecule has 0 atom stereocenters. The maximum Gasteiger partial charge on any atom is 0.252 e. The van der Waals surface area contributed by atoms with Gasteiger partial charge in [-0.05, 0) is 56.9 Å². The Kier molecular flexibility index (Phi) is 4.42. The number of ether oxygens (including phenoxy) is 1. The third kappa shape index (κ3) is 2.74. The van der Waals surface area contributed by atoms with Gasteiger partial charge in [0.2, 0.25) is 0 Å². The van der Waals surface area contributed by atoms with Crippen LogP contribution in [0.5, 0.6) is 5.75 Å². The number of carbonyl (C=O) groups is 1. The minimum absolute atomic E-state index is 0.0182. The second-order valence-corrected chi connectivity index (χ2v) is 9.25. The van der Waals surface area contributed by atoms with E-state index in [4.69, 9.17) is 4.74 Å². The molecule has 2 aromatic heterocycles. The van der Waals surface area contributed by atoms with Crippen LogP contribution >= 0.6 is 0 Å². The highest BCUT2D eigenvalue weighted by molar-refractivity contribution is 6.30. The number of aromatic nitrogens is 2. The molecule has 1 aliphatic rings. The number of hydrogen-bond acceptors (Lipinski definition) is 3. The number of aryl methyl sites for hydroxylation is 2. The zero-order chi connectivity index (χ0) is 22.9. The molecule has 3 heterocycles. The van der Waals surface area contributed by atoms with E-state index in [0.717, 1.165) is 63.6 Å². The zero-order valence-electron chi connectivity index (χ0n) is 19.5. The van der Waals surface area contributed by atoms with E-state index < -0.39 is 0 Å². The van der Waals surface area contributed by atoms with Crippen molar-refractivity contribution in [1.29, 1.82) is 0 Å². The molecule has 5 aromatic rings. The molecule has 33 heavy (non-hydrogen) atoms. The maximum absolute atomic E-state index is 13.1. The zero-order valence-corrected chi connectivity index (χ0v) is 19.5. The molecule has 6 heteroatoms. The number of para-hydroxylation sites is 1. The predicted octanol–water partition coefficient (Wildman–Crippen LogP) is 4.64. The molecule has 3 aromatic carbocycles. The van der Waals surface area contributed by atoms with Crippen LogP contribution in [-0.2, 0) is 20.1 Å². The van der Waals surface area contributed by atoms with Gasteiger partial charge >= 0.3 is 0 Å². The van der Waals surface area contributed by atoms with Crippen LogP contribution in [0.3, 0.4) is 0 Å². The van der Waals surface area contributed by atoms with Crippen LogP contribution in [0.2, 0.25) is 0 Å². The van der Waals surface area contributed by atoms with Gasteiger partial charge < -0.3 is 24.1 Å². The summed E-state index contributed by atoms with van der Waals surface area (Å²) in [5.41, 5.74) is 6.59. The van der Waals surface area contributed by atoms with Crippen molar-refractivity contribution in [2.24, 2.45) is 7.05 Å². The lowest BCUT2D eigenvalue weighted by Gasteiger charge is -2.13. The van der Waals surface area contributed by atoms with Gasteiger partial charge in [0.25, 0.3) is 5.91 Å². The van der Waals surface area contributed by atoms with E-state index in [1.807, 2.05) is 6.07 Å². The van der Waals surface area contributed by atoms with Gasteiger partial charge in [-0.15, -0.1) is 0 Å². The van der Waals surface area contributed by atoms with E-state index in [2.05, 4.69) is 76.9 Å². The van der Waals surface area contributed by atoms with Gasteiger partial charge in [0, 0.05) is 52.7 Å². The molecule has 0 fully saturated rings. The molecule has 0 aliphatic carbocycles. The Morgan fingerprint density at radius 3 is 2.64 bits per heavy atom. The van der Waals surface area contributed by atoms with Crippen LogP contribution in [0.25, 0.3) is 43.6 Å². The van der Waals surface area contributed by atoms with Gasteiger partial charge in [0.15, 0.2) is 0 Å². The SMILES string of the molecule is COc1ccc2c(c1)c1c3c(c4c5ccccc5n(C)c4c1n2CCCN(C)C)C(=O)NC3. The summed E-state index contributed by atoms with van der Waals surface area (Å²) in [5.74, 6) is 0.850. The van der Waals surface area contributed by atoms with E-state index in [-0.39, 0.29) is 5.91 Å². The smallest absolute Gasteiger partial charge is 0.252 e. The summed E-state index contributed by atoms with van der Waals surface area (Å²) >= 11 is 0. The first-order valence-corrected chi connectivity index (χ1v) is 11.5. The molecule has 1 aliphatic heterocycles.